The maximum Gasteiger partial charge on any atom is 0.119 e. The van der Waals surface area contributed by atoms with Gasteiger partial charge in [-0.25, -0.2) is 0 Å². The minimum Gasteiger partial charge on any atom is -0.497 e. The van der Waals surface area contributed by atoms with Gasteiger partial charge in [0.1, 0.15) is 5.75 Å². The van der Waals surface area contributed by atoms with Crippen molar-refractivity contribution in [1.82, 2.24) is 9.47 Å². The standard InChI is InChI=1S/C16H24N2O/c1-12-13(2)18(10-6-9-17(3)4)16-8-7-14(19-5)11-15(12)16/h7-8,11H,6,9-10H2,1-5H3. The van der Waals surface area contributed by atoms with E-state index in [2.05, 4.69) is 49.5 Å². The highest BCUT2D eigenvalue weighted by molar-refractivity contribution is 5.86. The zero-order valence-electron chi connectivity index (χ0n) is 12.7. The van der Waals surface area contributed by atoms with Crippen LogP contribution in [0.5, 0.6) is 5.75 Å². The van der Waals surface area contributed by atoms with E-state index >= 15 is 0 Å². The first-order valence-corrected chi connectivity index (χ1v) is 6.82. The van der Waals surface area contributed by atoms with Gasteiger partial charge in [0.25, 0.3) is 0 Å². The lowest BCUT2D eigenvalue weighted by molar-refractivity contribution is 0.387. The summed E-state index contributed by atoms with van der Waals surface area (Å²) in [6.45, 7) is 6.59. The number of methoxy groups -OCH3 is 1. The monoisotopic (exact) mass is 260 g/mol. The first-order valence-electron chi connectivity index (χ1n) is 6.82. The Kier molecular flexibility index (Phi) is 4.15. The second kappa shape index (κ2) is 5.66. The highest BCUT2D eigenvalue weighted by Gasteiger charge is 2.11. The Labute approximate surface area is 115 Å². The van der Waals surface area contributed by atoms with E-state index in [0.717, 1.165) is 18.8 Å². The molecule has 1 aromatic heterocycles. The fourth-order valence-corrected chi connectivity index (χ4v) is 2.59. The molecule has 0 aliphatic carbocycles. The predicted molar refractivity (Wildman–Crippen MR) is 81.1 cm³/mol. The van der Waals surface area contributed by atoms with Crippen molar-refractivity contribution >= 4 is 10.9 Å². The van der Waals surface area contributed by atoms with Crippen molar-refractivity contribution in [3.8, 4) is 5.75 Å². The third-order valence-electron chi connectivity index (χ3n) is 3.83. The van der Waals surface area contributed by atoms with E-state index in [1.807, 2.05) is 6.07 Å². The molecule has 0 radical (unpaired) electrons. The molecule has 0 fully saturated rings. The Balaban J connectivity index is 2.35. The molecule has 0 atom stereocenters. The average molecular weight is 260 g/mol. The van der Waals surface area contributed by atoms with Crippen molar-refractivity contribution in [2.24, 2.45) is 0 Å². The summed E-state index contributed by atoms with van der Waals surface area (Å²) in [4.78, 5) is 2.23. The summed E-state index contributed by atoms with van der Waals surface area (Å²) in [5.74, 6) is 0.932. The number of aromatic nitrogens is 1. The highest BCUT2D eigenvalue weighted by Crippen LogP contribution is 2.28. The van der Waals surface area contributed by atoms with Gasteiger partial charge >= 0.3 is 0 Å². The maximum absolute atomic E-state index is 5.32. The number of hydrogen-bond donors (Lipinski definition) is 0. The number of nitrogens with zero attached hydrogens (tertiary/aromatic N) is 2. The molecule has 104 valence electrons. The van der Waals surface area contributed by atoms with Crippen LogP contribution >= 0.6 is 0 Å². The fraction of sp³-hybridized carbons (Fsp3) is 0.500. The second-order valence-electron chi connectivity index (χ2n) is 5.40. The third-order valence-corrected chi connectivity index (χ3v) is 3.83. The Morgan fingerprint density at radius 3 is 2.58 bits per heavy atom. The summed E-state index contributed by atoms with van der Waals surface area (Å²) in [6.07, 6.45) is 1.17. The molecule has 19 heavy (non-hydrogen) atoms. The van der Waals surface area contributed by atoms with Crippen molar-refractivity contribution in [3.63, 3.8) is 0 Å². The molecule has 0 saturated heterocycles. The molecule has 0 unspecified atom stereocenters. The minimum atomic E-state index is 0.932. The number of ether oxygens (including phenoxy) is 1. The van der Waals surface area contributed by atoms with Crippen LogP contribution in [-0.2, 0) is 6.54 Å². The van der Waals surface area contributed by atoms with Crippen LogP contribution in [0.25, 0.3) is 10.9 Å². The summed E-state index contributed by atoms with van der Waals surface area (Å²) in [5, 5.41) is 1.31. The summed E-state index contributed by atoms with van der Waals surface area (Å²) in [7, 11) is 5.96. The molecular formula is C16H24N2O. The van der Waals surface area contributed by atoms with E-state index in [1.165, 1.54) is 28.6 Å². The molecule has 1 heterocycles. The van der Waals surface area contributed by atoms with E-state index in [4.69, 9.17) is 4.74 Å². The first-order chi connectivity index (χ1) is 9.04. The predicted octanol–water partition coefficient (Wildman–Crippen LogP) is 3.22. The van der Waals surface area contributed by atoms with Crippen LogP contribution in [0.3, 0.4) is 0 Å². The van der Waals surface area contributed by atoms with E-state index in [0.29, 0.717) is 0 Å². The van der Waals surface area contributed by atoms with Crippen molar-refractivity contribution in [2.75, 3.05) is 27.7 Å². The zero-order valence-corrected chi connectivity index (χ0v) is 12.7. The van der Waals surface area contributed by atoms with E-state index in [9.17, 15) is 0 Å². The Bertz CT molecular complexity index is 570. The smallest absolute Gasteiger partial charge is 0.119 e. The highest BCUT2D eigenvalue weighted by atomic mass is 16.5. The average Bonchev–Trinajstić information content (AvgIpc) is 2.63. The number of rotatable bonds is 5. The van der Waals surface area contributed by atoms with Crippen LogP contribution in [0.4, 0.5) is 0 Å². The summed E-state index contributed by atoms with van der Waals surface area (Å²) in [5.41, 5.74) is 4.04. The van der Waals surface area contributed by atoms with Crippen LogP contribution in [-0.4, -0.2) is 37.2 Å². The van der Waals surface area contributed by atoms with Crippen LogP contribution in [0.1, 0.15) is 17.7 Å². The lowest BCUT2D eigenvalue weighted by Gasteiger charge is -2.12. The Morgan fingerprint density at radius 1 is 1.21 bits per heavy atom. The SMILES string of the molecule is COc1ccc2c(c1)c(C)c(C)n2CCCN(C)C. The Hall–Kier alpha value is -1.48. The lowest BCUT2D eigenvalue weighted by Crippen LogP contribution is -2.15. The van der Waals surface area contributed by atoms with Gasteiger partial charge in [0.15, 0.2) is 0 Å². The summed E-state index contributed by atoms with van der Waals surface area (Å²) in [6, 6.07) is 6.35. The molecule has 0 amide bonds. The van der Waals surface area contributed by atoms with Gasteiger partial charge in [-0.1, -0.05) is 0 Å². The van der Waals surface area contributed by atoms with Crippen molar-refractivity contribution < 1.29 is 4.74 Å². The molecule has 2 rings (SSSR count). The molecule has 1 aromatic carbocycles. The lowest BCUT2D eigenvalue weighted by atomic mass is 10.1. The topological polar surface area (TPSA) is 17.4 Å². The van der Waals surface area contributed by atoms with Crippen molar-refractivity contribution in [1.29, 1.82) is 0 Å². The summed E-state index contributed by atoms with van der Waals surface area (Å²) >= 11 is 0. The summed E-state index contributed by atoms with van der Waals surface area (Å²) < 4.78 is 7.75. The van der Waals surface area contributed by atoms with Crippen molar-refractivity contribution in [3.05, 3.63) is 29.5 Å². The zero-order chi connectivity index (χ0) is 14.0. The number of benzene rings is 1. The van der Waals surface area contributed by atoms with Gasteiger partial charge in [-0.2, -0.15) is 0 Å². The van der Waals surface area contributed by atoms with Crippen LogP contribution in [0, 0.1) is 13.8 Å². The maximum atomic E-state index is 5.32. The van der Waals surface area contributed by atoms with E-state index in [1.54, 1.807) is 7.11 Å². The van der Waals surface area contributed by atoms with Gasteiger partial charge in [-0.3, -0.25) is 0 Å². The molecule has 0 bridgehead atoms. The first kappa shape index (κ1) is 13.9. The Morgan fingerprint density at radius 2 is 1.95 bits per heavy atom. The van der Waals surface area contributed by atoms with Gasteiger partial charge in [-0.05, 0) is 64.7 Å². The quantitative estimate of drug-likeness (QED) is 0.821. The molecule has 0 N–H and O–H groups in total. The van der Waals surface area contributed by atoms with Gasteiger partial charge in [0.2, 0.25) is 0 Å². The van der Waals surface area contributed by atoms with Crippen LogP contribution < -0.4 is 4.74 Å². The molecule has 2 aromatic rings. The normalized spacial score (nSPS) is 11.5. The van der Waals surface area contributed by atoms with E-state index < -0.39 is 0 Å². The van der Waals surface area contributed by atoms with Gasteiger partial charge in [0, 0.05) is 23.1 Å². The van der Waals surface area contributed by atoms with Gasteiger partial charge in [-0.15, -0.1) is 0 Å². The molecule has 0 aliphatic heterocycles. The fourth-order valence-electron chi connectivity index (χ4n) is 2.59. The molecule has 3 nitrogen and oxygen atoms in total. The van der Waals surface area contributed by atoms with Gasteiger partial charge < -0.3 is 14.2 Å². The van der Waals surface area contributed by atoms with E-state index in [-0.39, 0.29) is 0 Å². The number of hydrogen-bond acceptors (Lipinski definition) is 2. The van der Waals surface area contributed by atoms with Gasteiger partial charge in [0.05, 0.1) is 7.11 Å². The minimum absolute atomic E-state index is 0.932. The van der Waals surface area contributed by atoms with Crippen LogP contribution in [0.2, 0.25) is 0 Å². The van der Waals surface area contributed by atoms with Crippen LogP contribution in [0.15, 0.2) is 18.2 Å². The second-order valence-corrected chi connectivity index (χ2v) is 5.40. The van der Waals surface area contributed by atoms with Crippen molar-refractivity contribution in [2.45, 2.75) is 26.8 Å². The molecule has 0 aliphatic rings. The number of fused-ring (bicyclic) bond motifs is 1. The number of aryl methyl sites for hydroxylation is 2. The molecular weight excluding hydrogens is 236 g/mol. The molecule has 0 saturated carbocycles. The molecule has 0 spiro atoms. The largest absolute Gasteiger partial charge is 0.497 e. The third kappa shape index (κ3) is 2.76. The molecule has 3 heteroatoms.